The highest BCUT2D eigenvalue weighted by atomic mass is 16.5. The van der Waals surface area contributed by atoms with Crippen LogP contribution in [-0.4, -0.2) is 42.7 Å². The molecule has 1 saturated carbocycles. The molecule has 0 radical (unpaired) electrons. The topological polar surface area (TPSA) is 54.5 Å². The number of carbonyl (C=O) groups is 1. The Bertz CT molecular complexity index is 742. The van der Waals surface area contributed by atoms with Crippen molar-refractivity contribution in [3.8, 4) is 0 Å². The van der Waals surface area contributed by atoms with Crippen LogP contribution in [-0.2, 0) is 4.74 Å². The van der Waals surface area contributed by atoms with Crippen molar-refractivity contribution in [3.63, 3.8) is 0 Å². The first kappa shape index (κ1) is 14.5. The van der Waals surface area contributed by atoms with E-state index in [4.69, 9.17) is 9.72 Å². The Labute approximate surface area is 135 Å². The van der Waals surface area contributed by atoms with Crippen LogP contribution in [0, 0.1) is 0 Å². The van der Waals surface area contributed by atoms with Crippen molar-refractivity contribution < 1.29 is 9.53 Å². The van der Waals surface area contributed by atoms with Crippen LogP contribution in [0.2, 0.25) is 0 Å². The van der Waals surface area contributed by atoms with E-state index in [1.54, 1.807) is 0 Å². The normalized spacial score (nSPS) is 21.4. The highest BCUT2D eigenvalue weighted by molar-refractivity contribution is 6.07. The van der Waals surface area contributed by atoms with Crippen molar-refractivity contribution in [2.45, 2.75) is 31.9 Å². The Kier molecular flexibility index (Phi) is 3.65. The van der Waals surface area contributed by atoms with Gasteiger partial charge in [-0.1, -0.05) is 18.2 Å². The van der Waals surface area contributed by atoms with Crippen LogP contribution in [0.3, 0.4) is 0 Å². The molecule has 5 heteroatoms. The van der Waals surface area contributed by atoms with Crippen molar-refractivity contribution >= 4 is 22.6 Å². The van der Waals surface area contributed by atoms with Gasteiger partial charge in [-0.3, -0.25) is 4.79 Å². The molecule has 1 unspecified atom stereocenters. The second kappa shape index (κ2) is 5.81. The van der Waals surface area contributed by atoms with Gasteiger partial charge in [-0.2, -0.15) is 0 Å². The summed E-state index contributed by atoms with van der Waals surface area (Å²) in [6.07, 6.45) is 2.35. The molecule has 23 heavy (non-hydrogen) atoms. The van der Waals surface area contributed by atoms with E-state index in [-0.39, 0.29) is 12.0 Å². The molecule has 1 saturated heterocycles. The summed E-state index contributed by atoms with van der Waals surface area (Å²) in [4.78, 5) is 19.6. The summed E-state index contributed by atoms with van der Waals surface area (Å²) in [5, 5.41) is 4.00. The third-order valence-electron chi connectivity index (χ3n) is 4.42. The molecule has 1 aliphatic heterocycles. The van der Waals surface area contributed by atoms with Gasteiger partial charge in [0.15, 0.2) is 0 Å². The van der Waals surface area contributed by atoms with E-state index in [1.165, 1.54) is 0 Å². The molecule has 4 rings (SSSR count). The van der Waals surface area contributed by atoms with Gasteiger partial charge in [0.1, 0.15) is 5.82 Å². The van der Waals surface area contributed by atoms with Crippen LogP contribution in [0.4, 0.5) is 5.82 Å². The molecule has 2 aliphatic rings. The van der Waals surface area contributed by atoms with Crippen molar-refractivity contribution in [2.75, 3.05) is 24.6 Å². The van der Waals surface area contributed by atoms with Gasteiger partial charge in [-0.05, 0) is 31.9 Å². The lowest BCUT2D eigenvalue weighted by Gasteiger charge is -2.32. The van der Waals surface area contributed by atoms with Crippen molar-refractivity contribution in [3.05, 3.63) is 35.9 Å². The summed E-state index contributed by atoms with van der Waals surface area (Å²) in [6.45, 7) is 4.36. The average molecular weight is 311 g/mol. The summed E-state index contributed by atoms with van der Waals surface area (Å²) < 4.78 is 5.61. The smallest absolute Gasteiger partial charge is 0.252 e. The molecule has 2 aromatic rings. The van der Waals surface area contributed by atoms with Gasteiger partial charge in [-0.25, -0.2) is 4.98 Å². The van der Waals surface area contributed by atoms with Gasteiger partial charge < -0.3 is 15.0 Å². The molecular formula is C18H21N3O2. The number of hydrogen-bond acceptors (Lipinski definition) is 4. The molecule has 1 aromatic heterocycles. The van der Waals surface area contributed by atoms with E-state index in [1.807, 2.05) is 30.3 Å². The lowest BCUT2D eigenvalue weighted by molar-refractivity contribution is 0.0529. The van der Waals surface area contributed by atoms with E-state index in [9.17, 15) is 4.79 Å². The number of pyridine rings is 1. The molecule has 2 heterocycles. The zero-order chi connectivity index (χ0) is 15.8. The quantitative estimate of drug-likeness (QED) is 0.945. The number of carbonyl (C=O) groups excluding carboxylic acids is 1. The van der Waals surface area contributed by atoms with E-state index in [0.717, 1.165) is 48.2 Å². The number of hydrogen-bond donors (Lipinski definition) is 1. The number of ether oxygens (including phenoxy) is 1. The minimum absolute atomic E-state index is 0.00802. The van der Waals surface area contributed by atoms with E-state index in [0.29, 0.717) is 12.6 Å². The fraction of sp³-hybridized carbons (Fsp3) is 0.444. The van der Waals surface area contributed by atoms with Crippen LogP contribution >= 0.6 is 0 Å². The number of rotatable bonds is 3. The van der Waals surface area contributed by atoms with Gasteiger partial charge in [0.25, 0.3) is 5.91 Å². The number of aromatic nitrogens is 1. The first-order valence-electron chi connectivity index (χ1n) is 8.28. The molecule has 5 nitrogen and oxygen atoms in total. The molecule has 1 atom stereocenters. The van der Waals surface area contributed by atoms with Crippen LogP contribution in [0.5, 0.6) is 0 Å². The Hall–Kier alpha value is -2.14. The molecule has 0 bridgehead atoms. The van der Waals surface area contributed by atoms with Gasteiger partial charge in [0.2, 0.25) is 0 Å². The maximum atomic E-state index is 12.6. The number of nitrogens with one attached hydrogen (secondary N) is 1. The zero-order valence-electron chi connectivity index (χ0n) is 13.3. The van der Waals surface area contributed by atoms with Gasteiger partial charge >= 0.3 is 0 Å². The largest absolute Gasteiger partial charge is 0.375 e. The average Bonchev–Trinajstić information content (AvgIpc) is 3.37. The second-order valence-corrected chi connectivity index (χ2v) is 6.42. The van der Waals surface area contributed by atoms with Gasteiger partial charge in [0, 0.05) is 24.5 Å². The van der Waals surface area contributed by atoms with Crippen LogP contribution in [0.15, 0.2) is 30.3 Å². The molecule has 2 fully saturated rings. The Morgan fingerprint density at radius 3 is 2.96 bits per heavy atom. The molecular weight excluding hydrogens is 290 g/mol. The number of anilines is 1. The van der Waals surface area contributed by atoms with E-state index in [2.05, 4.69) is 17.1 Å². The Morgan fingerprint density at radius 2 is 2.17 bits per heavy atom. The number of amides is 1. The van der Waals surface area contributed by atoms with Crippen molar-refractivity contribution in [1.82, 2.24) is 10.3 Å². The van der Waals surface area contributed by atoms with Gasteiger partial charge in [-0.15, -0.1) is 0 Å². The molecule has 1 aromatic carbocycles. The lowest BCUT2D eigenvalue weighted by Crippen LogP contribution is -2.41. The summed E-state index contributed by atoms with van der Waals surface area (Å²) in [5.41, 5.74) is 1.58. The fourth-order valence-electron chi connectivity index (χ4n) is 3.03. The first-order valence-corrected chi connectivity index (χ1v) is 8.28. The molecule has 1 amide bonds. The van der Waals surface area contributed by atoms with Gasteiger partial charge in [0.05, 0.1) is 23.8 Å². The minimum atomic E-state index is 0.00802. The molecule has 120 valence electrons. The third kappa shape index (κ3) is 3.01. The Balaban J connectivity index is 1.74. The number of morpholine rings is 1. The molecule has 1 N–H and O–H groups in total. The summed E-state index contributed by atoms with van der Waals surface area (Å²) >= 11 is 0. The highest BCUT2D eigenvalue weighted by Gasteiger charge is 2.26. The number of fused-ring (bicyclic) bond motifs is 1. The lowest BCUT2D eigenvalue weighted by atomic mass is 10.1. The summed E-state index contributed by atoms with van der Waals surface area (Å²) in [6, 6.07) is 10.1. The first-order chi connectivity index (χ1) is 11.2. The predicted molar refractivity (Wildman–Crippen MR) is 89.9 cm³/mol. The summed E-state index contributed by atoms with van der Waals surface area (Å²) in [5.74, 6) is 0.869. The zero-order valence-corrected chi connectivity index (χ0v) is 13.3. The standard InChI is InChI=1S/C18H21N3O2/c1-12-11-21(8-9-23-12)17-10-15(18(22)19-13-6-7-13)14-4-2-3-5-16(14)20-17/h2-5,10,12-13H,6-9,11H2,1H3,(H,19,22). The maximum Gasteiger partial charge on any atom is 0.252 e. The number of para-hydroxylation sites is 1. The maximum absolute atomic E-state index is 12.6. The fourth-order valence-corrected chi connectivity index (χ4v) is 3.03. The molecule has 0 spiro atoms. The van der Waals surface area contributed by atoms with Crippen LogP contribution in [0.1, 0.15) is 30.1 Å². The number of benzene rings is 1. The number of nitrogens with zero attached hydrogens (tertiary/aromatic N) is 2. The second-order valence-electron chi connectivity index (χ2n) is 6.42. The third-order valence-corrected chi connectivity index (χ3v) is 4.42. The molecule has 1 aliphatic carbocycles. The summed E-state index contributed by atoms with van der Waals surface area (Å²) in [7, 11) is 0. The van der Waals surface area contributed by atoms with Crippen molar-refractivity contribution in [1.29, 1.82) is 0 Å². The Morgan fingerprint density at radius 1 is 1.35 bits per heavy atom. The monoisotopic (exact) mass is 311 g/mol. The highest BCUT2D eigenvalue weighted by Crippen LogP contribution is 2.26. The van der Waals surface area contributed by atoms with Crippen molar-refractivity contribution in [2.24, 2.45) is 0 Å². The van der Waals surface area contributed by atoms with Crippen LogP contribution in [0.25, 0.3) is 10.9 Å². The van der Waals surface area contributed by atoms with Crippen LogP contribution < -0.4 is 10.2 Å². The minimum Gasteiger partial charge on any atom is -0.375 e. The van der Waals surface area contributed by atoms with E-state index >= 15 is 0 Å². The van der Waals surface area contributed by atoms with E-state index < -0.39 is 0 Å². The predicted octanol–water partition coefficient (Wildman–Crippen LogP) is 2.35. The SMILES string of the molecule is CC1CN(c2cc(C(=O)NC3CC3)c3ccccc3n2)CCO1.